The number of urea groups is 1. The van der Waals surface area contributed by atoms with Crippen LogP contribution in [0, 0.1) is 20.2 Å². The van der Waals surface area contributed by atoms with E-state index in [0.29, 0.717) is 11.1 Å². The topological polar surface area (TPSA) is 145 Å². The van der Waals surface area contributed by atoms with Crippen LogP contribution in [0.3, 0.4) is 0 Å². The standard InChI is InChI=1S/C15H15N5O5/c16-17-15(21)18(9-11-1-5-13(6-2-11)19(22)23)10-12-3-7-14(8-4-12)20(24)25/h1-8H,9-10,16H2,(H,17,21). The van der Waals surface area contributed by atoms with Crippen LogP contribution in [-0.2, 0) is 13.1 Å². The van der Waals surface area contributed by atoms with Gasteiger partial charge in [0.25, 0.3) is 11.4 Å². The van der Waals surface area contributed by atoms with Gasteiger partial charge in [0.2, 0.25) is 0 Å². The van der Waals surface area contributed by atoms with Gasteiger partial charge in [-0.3, -0.25) is 25.7 Å². The molecule has 130 valence electrons. The molecule has 0 aliphatic heterocycles. The SMILES string of the molecule is NNC(=O)N(Cc1ccc([N+](=O)[O-])cc1)Cc1ccc([N+](=O)[O-])cc1. The van der Waals surface area contributed by atoms with E-state index in [1.165, 1.54) is 29.2 Å². The zero-order chi connectivity index (χ0) is 18.4. The number of nitro groups is 2. The summed E-state index contributed by atoms with van der Waals surface area (Å²) in [6.07, 6.45) is 0. The second kappa shape index (κ2) is 7.84. The summed E-state index contributed by atoms with van der Waals surface area (Å²) in [6.45, 7) is 0.329. The van der Waals surface area contributed by atoms with Crippen molar-refractivity contribution in [1.82, 2.24) is 10.3 Å². The fourth-order valence-electron chi connectivity index (χ4n) is 2.18. The van der Waals surface area contributed by atoms with E-state index in [1.54, 1.807) is 24.3 Å². The van der Waals surface area contributed by atoms with Gasteiger partial charge in [-0.25, -0.2) is 10.6 Å². The number of benzene rings is 2. The maximum atomic E-state index is 11.9. The Labute approximate surface area is 142 Å². The molecule has 2 amide bonds. The zero-order valence-electron chi connectivity index (χ0n) is 13.0. The van der Waals surface area contributed by atoms with Gasteiger partial charge in [0.15, 0.2) is 0 Å². The number of hydrogen-bond donors (Lipinski definition) is 2. The second-order valence-corrected chi connectivity index (χ2v) is 5.15. The molecule has 0 saturated heterocycles. The van der Waals surface area contributed by atoms with E-state index in [4.69, 9.17) is 5.84 Å². The van der Waals surface area contributed by atoms with Crippen LogP contribution in [0.1, 0.15) is 11.1 Å². The smallest absolute Gasteiger partial charge is 0.315 e. The maximum absolute atomic E-state index is 11.9. The van der Waals surface area contributed by atoms with Crippen LogP contribution in [-0.4, -0.2) is 20.8 Å². The van der Waals surface area contributed by atoms with Crippen molar-refractivity contribution in [3.63, 3.8) is 0 Å². The molecule has 0 aliphatic carbocycles. The first-order valence-corrected chi connectivity index (χ1v) is 7.13. The monoisotopic (exact) mass is 345 g/mol. The number of carbonyl (C=O) groups is 1. The highest BCUT2D eigenvalue weighted by molar-refractivity contribution is 5.73. The van der Waals surface area contributed by atoms with Crippen LogP contribution in [0.4, 0.5) is 16.2 Å². The van der Waals surface area contributed by atoms with E-state index >= 15 is 0 Å². The summed E-state index contributed by atoms with van der Waals surface area (Å²) in [5, 5.41) is 21.3. The van der Waals surface area contributed by atoms with E-state index in [0.717, 1.165) is 0 Å². The molecule has 0 radical (unpaired) electrons. The highest BCUT2D eigenvalue weighted by Gasteiger charge is 2.15. The average Bonchev–Trinajstić information content (AvgIpc) is 2.61. The third-order valence-corrected chi connectivity index (χ3v) is 3.45. The lowest BCUT2D eigenvalue weighted by Gasteiger charge is -2.22. The van der Waals surface area contributed by atoms with Crippen LogP contribution in [0.25, 0.3) is 0 Å². The Balaban J connectivity index is 2.14. The third kappa shape index (κ3) is 4.72. The molecule has 0 fully saturated rings. The molecule has 25 heavy (non-hydrogen) atoms. The van der Waals surface area contributed by atoms with Gasteiger partial charge in [-0.1, -0.05) is 24.3 Å². The molecular weight excluding hydrogens is 330 g/mol. The normalized spacial score (nSPS) is 10.1. The molecule has 10 heteroatoms. The summed E-state index contributed by atoms with van der Waals surface area (Å²) < 4.78 is 0. The van der Waals surface area contributed by atoms with E-state index in [9.17, 15) is 25.0 Å². The number of carbonyl (C=O) groups excluding carboxylic acids is 1. The van der Waals surface area contributed by atoms with Crippen molar-refractivity contribution in [1.29, 1.82) is 0 Å². The molecule has 2 aromatic carbocycles. The Kier molecular flexibility index (Phi) is 5.58. The van der Waals surface area contributed by atoms with Gasteiger partial charge in [0.05, 0.1) is 9.85 Å². The Hall–Kier alpha value is -3.53. The van der Waals surface area contributed by atoms with Gasteiger partial charge in [0.1, 0.15) is 0 Å². The van der Waals surface area contributed by atoms with Gasteiger partial charge < -0.3 is 4.90 Å². The van der Waals surface area contributed by atoms with Crippen molar-refractivity contribution >= 4 is 17.4 Å². The highest BCUT2D eigenvalue weighted by atomic mass is 16.6. The Morgan fingerprint density at radius 3 is 1.52 bits per heavy atom. The van der Waals surface area contributed by atoms with Crippen molar-refractivity contribution < 1.29 is 14.6 Å². The van der Waals surface area contributed by atoms with Crippen LogP contribution in [0.2, 0.25) is 0 Å². The number of nitro benzene ring substituents is 2. The first kappa shape index (κ1) is 17.8. The first-order chi connectivity index (χ1) is 11.9. The Morgan fingerprint density at radius 1 is 0.880 bits per heavy atom. The van der Waals surface area contributed by atoms with Gasteiger partial charge in [-0.05, 0) is 11.1 Å². The van der Waals surface area contributed by atoms with Crippen LogP contribution in [0.5, 0.6) is 0 Å². The molecule has 0 atom stereocenters. The van der Waals surface area contributed by atoms with Crippen molar-refractivity contribution in [2.24, 2.45) is 5.84 Å². The van der Waals surface area contributed by atoms with Crippen LogP contribution < -0.4 is 11.3 Å². The Morgan fingerprint density at radius 2 is 1.24 bits per heavy atom. The van der Waals surface area contributed by atoms with E-state index < -0.39 is 15.9 Å². The predicted octanol–water partition coefficient (Wildman–Crippen LogP) is 2.09. The minimum absolute atomic E-state index is 0.0473. The summed E-state index contributed by atoms with van der Waals surface area (Å²) in [5.41, 5.74) is 3.29. The molecule has 0 aliphatic rings. The average molecular weight is 345 g/mol. The van der Waals surface area contributed by atoms with Crippen molar-refractivity contribution in [3.8, 4) is 0 Å². The van der Waals surface area contributed by atoms with E-state index in [1.807, 2.05) is 5.43 Å². The number of hydrogen-bond acceptors (Lipinski definition) is 6. The zero-order valence-corrected chi connectivity index (χ0v) is 13.0. The van der Waals surface area contributed by atoms with Crippen molar-refractivity contribution in [2.75, 3.05) is 0 Å². The molecule has 0 unspecified atom stereocenters. The van der Waals surface area contributed by atoms with E-state index in [-0.39, 0.29) is 24.5 Å². The van der Waals surface area contributed by atoms with Gasteiger partial charge >= 0.3 is 6.03 Å². The first-order valence-electron chi connectivity index (χ1n) is 7.13. The second-order valence-electron chi connectivity index (χ2n) is 5.15. The lowest BCUT2D eigenvalue weighted by molar-refractivity contribution is -0.385. The van der Waals surface area contributed by atoms with Crippen LogP contribution >= 0.6 is 0 Å². The predicted molar refractivity (Wildman–Crippen MR) is 88.2 cm³/mol. The van der Waals surface area contributed by atoms with Crippen molar-refractivity contribution in [2.45, 2.75) is 13.1 Å². The number of nitrogens with two attached hydrogens (primary N) is 1. The summed E-state index contributed by atoms with van der Waals surface area (Å²) in [7, 11) is 0. The fourth-order valence-corrected chi connectivity index (χ4v) is 2.18. The molecule has 0 heterocycles. The minimum Gasteiger partial charge on any atom is -0.315 e. The molecule has 2 rings (SSSR count). The summed E-state index contributed by atoms with van der Waals surface area (Å²) in [4.78, 5) is 33.6. The van der Waals surface area contributed by atoms with Gasteiger partial charge in [-0.15, -0.1) is 0 Å². The van der Waals surface area contributed by atoms with Crippen LogP contribution in [0.15, 0.2) is 48.5 Å². The van der Waals surface area contributed by atoms with Crippen molar-refractivity contribution in [3.05, 3.63) is 79.9 Å². The molecule has 2 aromatic rings. The molecule has 3 N–H and O–H groups in total. The molecule has 10 nitrogen and oxygen atoms in total. The molecule has 0 saturated carbocycles. The molecule has 0 aromatic heterocycles. The minimum atomic E-state index is -0.545. The molecular formula is C15H15N5O5. The largest absolute Gasteiger partial charge is 0.332 e. The third-order valence-electron chi connectivity index (χ3n) is 3.45. The maximum Gasteiger partial charge on any atom is 0.332 e. The molecule has 0 bridgehead atoms. The number of amides is 2. The number of nitrogens with zero attached hydrogens (tertiary/aromatic N) is 3. The Bertz CT molecular complexity index is 716. The van der Waals surface area contributed by atoms with Gasteiger partial charge in [-0.2, -0.15) is 0 Å². The molecule has 0 spiro atoms. The number of hydrazine groups is 1. The number of rotatable bonds is 6. The quantitative estimate of drug-likeness (QED) is 0.355. The number of nitrogens with one attached hydrogen (secondary N) is 1. The van der Waals surface area contributed by atoms with Gasteiger partial charge in [0, 0.05) is 37.4 Å². The highest BCUT2D eigenvalue weighted by Crippen LogP contribution is 2.17. The van der Waals surface area contributed by atoms with E-state index in [2.05, 4.69) is 0 Å². The lowest BCUT2D eigenvalue weighted by Crippen LogP contribution is -2.42. The fraction of sp³-hybridized carbons (Fsp3) is 0.133. The lowest BCUT2D eigenvalue weighted by atomic mass is 10.1. The summed E-state index contributed by atoms with van der Waals surface area (Å²) >= 11 is 0. The summed E-state index contributed by atoms with van der Waals surface area (Å²) in [6, 6.07) is 11.0. The number of non-ortho nitro benzene ring substituents is 2. The summed E-state index contributed by atoms with van der Waals surface area (Å²) in [5.74, 6) is 5.19.